The number of benzene rings is 1. The number of carbonyl (C=O) groups is 1. The van der Waals surface area contributed by atoms with Crippen LogP contribution in [0.3, 0.4) is 0 Å². The van der Waals surface area contributed by atoms with Gasteiger partial charge in [0.05, 0.1) is 0 Å². The van der Waals surface area contributed by atoms with E-state index in [4.69, 9.17) is 5.73 Å². The zero-order chi connectivity index (χ0) is 13.4. The molecule has 3 rings (SSSR count). The first-order chi connectivity index (χ1) is 9.20. The molecule has 0 radical (unpaired) electrons. The number of rotatable bonds is 2. The van der Waals surface area contributed by atoms with Gasteiger partial charge in [-0.25, -0.2) is 0 Å². The first kappa shape index (κ1) is 15.3. The van der Waals surface area contributed by atoms with Crippen LogP contribution < -0.4 is 5.73 Å². The van der Waals surface area contributed by atoms with E-state index in [0.717, 1.165) is 31.4 Å². The first-order valence-electron chi connectivity index (χ1n) is 7.32. The number of aryl methyl sites for hydroxylation is 1. The molecule has 4 heteroatoms. The molecule has 1 aromatic carbocycles. The molecule has 1 amide bonds. The molecule has 20 heavy (non-hydrogen) atoms. The highest BCUT2D eigenvalue weighted by Gasteiger charge is 2.33. The summed E-state index contributed by atoms with van der Waals surface area (Å²) in [6.07, 6.45) is 4.40. The summed E-state index contributed by atoms with van der Waals surface area (Å²) in [5.41, 5.74) is 9.34. The predicted molar refractivity (Wildman–Crippen MR) is 83.4 cm³/mol. The van der Waals surface area contributed by atoms with Crippen LogP contribution in [0.25, 0.3) is 0 Å². The van der Waals surface area contributed by atoms with Gasteiger partial charge in [-0.3, -0.25) is 4.79 Å². The van der Waals surface area contributed by atoms with E-state index in [2.05, 4.69) is 13.0 Å². The van der Waals surface area contributed by atoms with Gasteiger partial charge in [-0.2, -0.15) is 0 Å². The molecule has 3 nitrogen and oxygen atoms in total. The summed E-state index contributed by atoms with van der Waals surface area (Å²) in [5, 5.41) is 0. The van der Waals surface area contributed by atoms with Crippen LogP contribution in [0.1, 0.15) is 41.3 Å². The Morgan fingerprint density at radius 3 is 2.90 bits per heavy atom. The van der Waals surface area contributed by atoms with Crippen LogP contribution in [0.5, 0.6) is 0 Å². The molecule has 1 aliphatic heterocycles. The molecular formula is C16H23ClN2O. The fraction of sp³-hybridized carbons (Fsp3) is 0.562. The number of fused-ring (bicyclic) bond motifs is 1. The van der Waals surface area contributed by atoms with E-state index in [-0.39, 0.29) is 18.3 Å². The lowest BCUT2D eigenvalue weighted by molar-refractivity contribution is 0.0742. The fourth-order valence-corrected chi connectivity index (χ4v) is 3.57. The summed E-state index contributed by atoms with van der Waals surface area (Å²) < 4.78 is 0. The van der Waals surface area contributed by atoms with E-state index < -0.39 is 0 Å². The molecule has 2 aliphatic rings. The molecule has 0 bridgehead atoms. The largest absolute Gasteiger partial charge is 0.336 e. The van der Waals surface area contributed by atoms with Crippen molar-refractivity contribution in [2.45, 2.75) is 38.6 Å². The van der Waals surface area contributed by atoms with E-state index >= 15 is 0 Å². The van der Waals surface area contributed by atoms with Gasteiger partial charge in [-0.15, -0.1) is 12.4 Å². The Kier molecular flexibility index (Phi) is 4.71. The number of carbonyl (C=O) groups excluding carboxylic acids is 1. The van der Waals surface area contributed by atoms with Gasteiger partial charge in [0.2, 0.25) is 0 Å². The monoisotopic (exact) mass is 294 g/mol. The lowest BCUT2D eigenvalue weighted by Crippen LogP contribution is -2.35. The molecule has 2 N–H and O–H groups in total. The van der Waals surface area contributed by atoms with Crippen LogP contribution in [0.2, 0.25) is 0 Å². The summed E-state index contributed by atoms with van der Waals surface area (Å²) in [5.74, 6) is 0.679. The molecule has 2 atom stereocenters. The molecule has 2 unspecified atom stereocenters. The van der Waals surface area contributed by atoms with E-state index in [1.54, 1.807) is 0 Å². The summed E-state index contributed by atoms with van der Waals surface area (Å²) in [7, 11) is 0. The zero-order valence-corrected chi connectivity index (χ0v) is 12.8. The molecule has 1 fully saturated rings. The minimum atomic E-state index is 0. The summed E-state index contributed by atoms with van der Waals surface area (Å²) >= 11 is 0. The third-order valence-corrected chi connectivity index (χ3v) is 4.63. The normalized spacial score (nSPS) is 24.4. The number of hydrogen-bond acceptors (Lipinski definition) is 2. The van der Waals surface area contributed by atoms with Crippen LogP contribution in [0, 0.1) is 5.92 Å². The smallest absolute Gasteiger partial charge is 0.254 e. The number of halogens is 1. The molecule has 0 aromatic heterocycles. The Morgan fingerprint density at radius 1 is 1.40 bits per heavy atom. The van der Waals surface area contributed by atoms with Crippen molar-refractivity contribution in [1.82, 2.24) is 4.90 Å². The van der Waals surface area contributed by atoms with Crippen LogP contribution in [0.4, 0.5) is 0 Å². The molecule has 1 aromatic rings. The average Bonchev–Trinajstić information content (AvgIpc) is 3.03. The van der Waals surface area contributed by atoms with Gasteiger partial charge in [0, 0.05) is 18.2 Å². The van der Waals surface area contributed by atoms with Gasteiger partial charge in [0.25, 0.3) is 5.91 Å². The van der Waals surface area contributed by atoms with Gasteiger partial charge in [-0.1, -0.05) is 12.1 Å². The Bertz CT molecular complexity index is 503. The maximum atomic E-state index is 12.8. The number of nitrogens with zero attached hydrogens (tertiary/aromatic N) is 1. The quantitative estimate of drug-likeness (QED) is 0.910. The molecular weight excluding hydrogens is 272 g/mol. The third-order valence-electron chi connectivity index (χ3n) is 4.63. The van der Waals surface area contributed by atoms with E-state index in [1.807, 2.05) is 17.0 Å². The minimum absolute atomic E-state index is 0. The van der Waals surface area contributed by atoms with Crippen molar-refractivity contribution < 1.29 is 4.79 Å². The average molecular weight is 295 g/mol. The highest BCUT2D eigenvalue weighted by atomic mass is 35.5. The topological polar surface area (TPSA) is 46.3 Å². The van der Waals surface area contributed by atoms with Crippen LogP contribution in [-0.4, -0.2) is 29.9 Å². The standard InChI is InChI=1S/C16H22N2O.ClH/c1-11-8-12(9-17)10-18(11)16(19)15-7-3-5-13-4-2-6-14(13)15;/h3,5,7,11-12H,2,4,6,8-10,17H2,1H3;1H. The lowest BCUT2D eigenvalue weighted by atomic mass is 10.0. The predicted octanol–water partition coefficient (Wildman–Crippen LogP) is 2.41. The Labute approximate surface area is 126 Å². The van der Waals surface area contributed by atoms with Crippen molar-refractivity contribution in [3.8, 4) is 0 Å². The molecule has 110 valence electrons. The van der Waals surface area contributed by atoms with E-state index in [1.165, 1.54) is 17.5 Å². The molecule has 1 saturated heterocycles. The van der Waals surface area contributed by atoms with Crippen molar-refractivity contribution in [3.63, 3.8) is 0 Å². The molecule has 1 heterocycles. The number of nitrogens with two attached hydrogens (primary N) is 1. The minimum Gasteiger partial charge on any atom is -0.336 e. The SMILES string of the molecule is CC1CC(CN)CN1C(=O)c1cccc2c1CCC2.Cl. The highest BCUT2D eigenvalue weighted by molar-refractivity contribution is 5.96. The first-order valence-corrected chi connectivity index (χ1v) is 7.32. The number of likely N-dealkylation sites (tertiary alicyclic amines) is 1. The Morgan fingerprint density at radius 2 is 2.20 bits per heavy atom. The van der Waals surface area contributed by atoms with Crippen molar-refractivity contribution in [3.05, 3.63) is 34.9 Å². The van der Waals surface area contributed by atoms with Gasteiger partial charge in [0.1, 0.15) is 0 Å². The summed E-state index contributed by atoms with van der Waals surface area (Å²) in [4.78, 5) is 14.8. The number of hydrogen-bond donors (Lipinski definition) is 1. The molecule has 1 aliphatic carbocycles. The summed E-state index contributed by atoms with van der Waals surface area (Å²) in [6.45, 7) is 3.64. The zero-order valence-electron chi connectivity index (χ0n) is 12.0. The van der Waals surface area contributed by atoms with E-state index in [9.17, 15) is 4.79 Å². The van der Waals surface area contributed by atoms with Crippen LogP contribution >= 0.6 is 12.4 Å². The number of amides is 1. The van der Waals surface area contributed by atoms with Gasteiger partial charge in [-0.05, 0) is 62.3 Å². The van der Waals surface area contributed by atoms with Gasteiger partial charge in [0.15, 0.2) is 0 Å². The van der Waals surface area contributed by atoms with E-state index in [0.29, 0.717) is 18.5 Å². The van der Waals surface area contributed by atoms with Crippen molar-refractivity contribution >= 4 is 18.3 Å². The Balaban J connectivity index is 0.00000147. The maximum absolute atomic E-state index is 12.8. The van der Waals surface area contributed by atoms with Gasteiger partial charge >= 0.3 is 0 Å². The van der Waals surface area contributed by atoms with Crippen LogP contribution in [-0.2, 0) is 12.8 Å². The summed E-state index contributed by atoms with van der Waals surface area (Å²) in [6, 6.07) is 6.50. The fourth-order valence-electron chi connectivity index (χ4n) is 3.57. The van der Waals surface area contributed by atoms with Crippen LogP contribution in [0.15, 0.2) is 18.2 Å². The molecule has 0 saturated carbocycles. The van der Waals surface area contributed by atoms with Crippen molar-refractivity contribution in [2.24, 2.45) is 11.7 Å². The third kappa shape index (κ3) is 2.57. The molecule has 0 spiro atoms. The van der Waals surface area contributed by atoms with Crippen molar-refractivity contribution in [2.75, 3.05) is 13.1 Å². The second-order valence-corrected chi connectivity index (χ2v) is 5.94. The second kappa shape index (κ2) is 6.15. The maximum Gasteiger partial charge on any atom is 0.254 e. The second-order valence-electron chi connectivity index (χ2n) is 5.94. The van der Waals surface area contributed by atoms with Gasteiger partial charge < -0.3 is 10.6 Å². The van der Waals surface area contributed by atoms with Crippen molar-refractivity contribution in [1.29, 1.82) is 0 Å². The highest BCUT2D eigenvalue weighted by Crippen LogP contribution is 2.29. The Hall–Kier alpha value is -1.06. The lowest BCUT2D eigenvalue weighted by Gasteiger charge is -2.23.